The Balaban J connectivity index is 1.99. The maximum absolute atomic E-state index is 13.4. The predicted octanol–water partition coefficient (Wildman–Crippen LogP) is 2.58. The molecule has 0 heterocycles. The average molecular weight is 393 g/mol. The highest BCUT2D eigenvalue weighted by atomic mass is 19.1. The molecule has 0 aliphatic carbocycles. The Morgan fingerprint density at radius 2 is 1.37 bits per heavy atom. The maximum Gasteiger partial charge on any atom is 0.313 e. The van der Waals surface area contributed by atoms with E-state index < -0.39 is 29.2 Å². The lowest BCUT2D eigenvalue weighted by Crippen LogP contribution is -2.13. The smallest absolute Gasteiger partial charge is 0.313 e. The van der Waals surface area contributed by atoms with Gasteiger partial charge < -0.3 is 24.7 Å². The van der Waals surface area contributed by atoms with Crippen molar-refractivity contribution in [1.82, 2.24) is 0 Å². The molecule has 0 fully saturated rings. The van der Waals surface area contributed by atoms with Gasteiger partial charge in [0.25, 0.3) is 0 Å². The molecular weight excluding hydrogens is 367 g/mol. The van der Waals surface area contributed by atoms with Crippen molar-refractivity contribution in [2.24, 2.45) is 5.73 Å². The Morgan fingerprint density at radius 3 is 1.96 bits per heavy atom. The number of benzene rings is 1. The molecule has 1 aromatic carbocycles. The van der Waals surface area contributed by atoms with Crippen LogP contribution in [-0.2, 0) is 19.0 Å². The molecule has 0 atom stereocenters. The van der Waals surface area contributed by atoms with E-state index in [1.54, 1.807) is 0 Å². The summed E-state index contributed by atoms with van der Waals surface area (Å²) >= 11 is 0. The van der Waals surface area contributed by atoms with Crippen molar-refractivity contribution in [2.45, 2.75) is 25.7 Å². The third kappa shape index (κ3) is 10.9. The molecule has 27 heavy (non-hydrogen) atoms. The number of nitrogens with two attached hydrogens (primary N) is 1. The molecule has 2 N–H and O–H groups in total. The van der Waals surface area contributed by atoms with Gasteiger partial charge in [-0.15, -0.1) is 0 Å². The van der Waals surface area contributed by atoms with Gasteiger partial charge in [-0.05, 0) is 19.3 Å². The fourth-order valence-electron chi connectivity index (χ4n) is 2.04. The molecule has 0 spiro atoms. The first-order valence-corrected chi connectivity index (χ1v) is 8.83. The van der Waals surface area contributed by atoms with E-state index in [0.29, 0.717) is 51.7 Å². The van der Waals surface area contributed by atoms with Crippen LogP contribution in [0.2, 0.25) is 0 Å². The number of esters is 1. The minimum absolute atomic E-state index is 0.0677. The van der Waals surface area contributed by atoms with Gasteiger partial charge in [-0.3, -0.25) is 4.79 Å². The van der Waals surface area contributed by atoms with E-state index >= 15 is 0 Å². The predicted molar refractivity (Wildman–Crippen MR) is 91.9 cm³/mol. The Hall–Kier alpha value is -1.68. The fourth-order valence-corrected chi connectivity index (χ4v) is 2.04. The second-order valence-electron chi connectivity index (χ2n) is 5.61. The molecule has 0 aliphatic rings. The van der Waals surface area contributed by atoms with Gasteiger partial charge in [-0.25, -0.2) is 13.2 Å². The molecular formula is C18H26F3NO5. The summed E-state index contributed by atoms with van der Waals surface area (Å²) in [5.74, 6) is -5.39. The first-order valence-electron chi connectivity index (χ1n) is 8.83. The van der Waals surface area contributed by atoms with E-state index in [0.717, 1.165) is 19.3 Å². The lowest BCUT2D eigenvalue weighted by atomic mass is 10.2. The summed E-state index contributed by atoms with van der Waals surface area (Å²) in [4.78, 5) is 11.5. The SMILES string of the molecule is NCCOCCOCCCCCOCCC(=O)Oc1c(F)cc(F)cc1F. The van der Waals surface area contributed by atoms with Gasteiger partial charge in [-0.1, -0.05) is 0 Å². The lowest BCUT2D eigenvalue weighted by Gasteiger charge is -2.08. The van der Waals surface area contributed by atoms with Crippen LogP contribution in [0.25, 0.3) is 0 Å². The van der Waals surface area contributed by atoms with Gasteiger partial charge in [0.2, 0.25) is 5.75 Å². The van der Waals surface area contributed by atoms with Gasteiger partial charge in [0, 0.05) is 31.9 Å². The summed E-state index contributed by atoms with van der Waals surface area (Å²) in [7, 11) is 0. The number of ether oxygens (including phenoxy) is 4. The summed E-state index contributed by atoms with van der Waals surface area (Å²) in [5, 5.41) is 0. The number of halogens is 3. The van der Waals surface area contributed by atoms with Crippen molar-refractivity contribution in [2.75, 3.05) is 46.2 Å². The fraction of sp³-hybridized carbons (Fsp3) is 0.611. The largest absolute Gasteiger partial charge is 0.420 e. The third-order valence-electron chi connectivity index (χ3n) is 3.34. The van der Waals surface area contributed by atoms with E-state index in [1.165, 1.54) is 0 Å². The summed E-state index contributed by atoms with van der Waals surface area (Å²) in [6.45, 7) is 3.24. The minimum atomic E-state index is -1.27. The zero-order valence-corrected chi connectivity index (χ0v) is 15.2. The van der Waals surface area contributed by atoms with Crippen molar-refractivity contribution < 1.29 is 36.9 Å². The molecule has 1 rings (SSSR count). The van der Waals surface area contributed by atoms with Crippen LogP contribution in [0.3, 0.4) is 0 Å². The second kappa shape index (κ2) is 14.4. The van der Waals surface area contributed by atoms with Crippen molar-refractivity contribution in [3.63, 3.8) is 0 Å². The van der Waals surface area contributed by atoms with Gasteiger partial charge in [0.15, 0.2) is 11.6 Å². The topological polar surface area (TPSA) is 80.0 Å². The molecule has 6 nitrogen and oxygen atoms in total. The van der Waals surface area contributed by atoms with Crippen LogP contribution in [0, 0.1) is 17.5 Å². The van der Waals surface area contributed by atoms with Crippen LogP contribution in [-0.4, -0.2) is 52.2 Å². The van der Waals surface area contributed by atoms with E-state index in [9.17, 15) is 18.0 Å². The Bertz CT molecular complexity index is 537. The van der Waals surface area contributed by atoms with Crippen molar-refractivity contribution in [1.29, 1.82) is 0 Å². The summed E-state index contributed by atoms with van der Waals surface area (Å²) in [5.41, 5.74) is 5.28. The molecule has 0 saturated carbocycles. The summed E-state index contributed by atoms with van der Waals surface area (Å²) in [6.07, 6.45) is 2.41. The standard InChI is InChI=1S/C18H26F3NO5/c19-14-12-15(20)18(16(21)13-14)27-17(23)4-8-24-6-2-1-3-7-25-10-11-26-9-5-22/h12-13H,1-11,22H2. The molecule has 154 valence electrons. The third-order valence-corrected chi connectivity index (χ3v) is 3.34. The number of hydrogen-bond acceptors (Lipinski definition) is 6. The summed E-state index contributed by atoms with van der Waals surface area (Å²) in [6, 6.07) is 0.887. The minimum Gasteiger partial charge on any atom is -0.420 e. The monoisotopic (exact) mass is 393 g/mol. The van der Waals surface area contributed by atoms with E-state index in [2.05, 4.69) is 4.74 Å². The van der Waals surface area contributed by atoms with Gasteiger partial charge in [0.1, 0.15) is 5.82 Å². The number of carbonyl (C=O) groups is 1. The quantitative estimate of drug-likeness (QED) is 0.280. The molecule has 0 aliphatic heterocycles. The van der Waals surface area contributed by atoms with E-state index in [1.807, 2.05) is 0 Å². The van der Waals surface area contributed by atoms with Crippen LogP contribution in [0.15, 0.2) is 12.1 Å². The Labute approximate surface area is 156 Å². The van der Waals surface area contributed by atoms with Gasteiger partial charge in [-0.2, -0.15) is 0 Å². The van der Waals surface area contributed by atoms with Crippen LogP contribution in [0.4, 0.5) is 13.2 Å². The highest BCUT2D eigenvalue weighted by Gasteiger charge is 2.16. The Kier molecular flexibility index (Phi) is 12.4. The number of carbonyl (C=O) groups excluding carboxylic acids is 1. The van der Waals surface area contributed by atoms with Crippen LogP contribution in [0.1, 0.15) is 25.7 Å². The van der Waals surface area contributed by atoms with Crippen molar-refractivity contribution in [3.8, 4) is 5.75 Å². The first-order chi connectivity index (χ1) is 13.0. The Morgan fingerprint density at radius 1 is 0.815 bits per heavy atom. The highest BCUT2D eigenvalue weighted by molar-refractivity contribution is 5.72. The molecule has 0 unspecified atom stereocenters. The molecule has 0 radical (unpaired) electrons. The molecule has 1 aromatic rings. The molecule has 0 amide bonds. The molecule has 0 aromatic heterocycles. The van der Waals surface area contributed by atoms with Gasteiger partial charge in [0.05, 0.1) is 32.8 Å². The highest BCUT2D eigenvalue weighted by Crippen LogP contribution is 2.23. The van der Waals surface area contributed by atoms with E-state index in [4.69, 9.17) is 19.9 Å². The zero-order chi connectivity index (χ0) is 19.9. The van der Waals surface area contributed by atoms with E-state index in [-0.39, 0.29) is 13.0 Å². The van der Waals surface area contributed by atoms with Gasteiger partial charge >= 0.3 is 5.97 Å². The average Bonchev–Trinajstić information content (AvgIpc) is 2.62. The number of hydrogen-bond donors (Lipinski definition) is 1. The normalized spacial score (nSPS) is 11.0. The summed E-state index contributed by atoms with van der Waals surface area (Å²) < 4.78 is 59.9. The van der Waals surface area contributed by atoms with Crippen molar-refractivity contribution in [3.05, 3.63) is 29.6 Å². The lowest BCUT2D eigenvalue weighted by molar-refractivity contribution is -0.136. The van der Waals surface area contributed by atoms with Crippen LogP contribution in [0.5, 0.6) is 5.75 Å². The molecule has 0 saturated heterocycles. The zero-order valence-electron chi connectivity index (χ0n) is 15.2. The maximum atomic E-state index is 13.4. The molecule has 9 heteroatoms. The van der Waals surface area contributed by atoms with Crippen LogP contribution < -0.4 is 10.5 Å². The second-order valence-corrected chi connectivity index (χ2v) is 5.61. The van der Waals surface area contributed by atoms with Crippen LogP contribution >= 0.6 is 0 Å². The van der Waals surface area contributed by atoms with Crippen molar-refractivity contribution >= 4 is 5.97 Å². The first kappa shape index (κ1) is 23.4. The number of unbranched alkanes of at least 4 members (excludes halogenated alkanes) is 2. The molecule has 0 bridgehead atoms. The number of rotatable bonds is 15.